The summed E-state index contributed by atoms with van der Waals surface area (Å²) in [4.78, 5) is 11.6. The average molecular weight is 371 g/mol. The van der Waals surface area contributed by atoms with Gasteiger partial charge >= 0.3 is 6.18 Å². The van der Waals surface area contributed by atoms with E-state index in [1.807, 2.05) is 34.5 Å². The fraction of sp³-hybridized carbons (Fsp3) is 0.133. The number of benzene rings is 2. The van der Waals surface area contributed by atoms with Gasteiger partial charge in [0.05, 0.1) is 5.56 Å². The molecule has 1 heterocycles. The number of rotatable bonds is 2. The third-order valence-electron chi connectivity index (χ3n) is 3.43. The second-order valence-electron chi connectivity index (χ2n) is 4.90. The minimum atomic E-state index is -4.59. The van der Waals surface area contributed by atoms with Crippen LogP contribution in [0.1, 0.15) is 16.8 Å². The van der Waals surface area contributed by atoms with E-state index in [9.17, 15) is 18.0 Å². The minimum absolute atomic E-state index is 0.0872. The SMILES string of the molecule is O=c1[nH][nH]c(C(F)(F)F)c1Cc1ccc2c(Br)cccc2c1. The minimum Gasteiger partial charge on any atom is -0.293 e. The zero-order chi connectivity index (χ0) is 15.9. The molecule has 7 heteroatoms. The Balaban J connectivity index is 2.04. The normalized spacial score (nSPS) is 12.0. The fourth-order valence-electron chi connectivity index (χ4n) is 2.40. The summed E-state index contributed by atoms with van der Waals surface area (Å²) in [7, 11) is 0. The van der Waals surface area contributed by atoms with Gasteiger partial charge in [0.1, 0.15) is 5.69 Å². The predicted molar refractivity (Wildman–Crippen MR) is 80.9 cm³/mol. The highest BCUT2D eigenvalue weighted by Crippen LogP contribution is 2.30. The second-order valence-corrected chi connectivity index (χ2v) is 5.76. The Bertz CT molecular complexity index is 896. The van der Waals surface area contributed by atoms with Crippen molar-refractivity contribution < 1.29 is 13.2 Å². The van der Waals surface area contributed by atoms with E-state index >= 15 is 0 Å². The molecule has 0 saturated carbocycles. The van der Waals surface area contributed by atoms with E-state index in [4.69, 9.17) is 0 Å². The summed E-state index contributed by atoms with van der Waals surface area (Å²) in [5.41, 5.74) is -1.43. The Morgan fingerprint density at radius 1 is 1.09 bits per heavy atom. The fourth-order valence-corrected chi connectivity index (χ4v) is 2.92. The average Bonchev–Trinajstić information content (AvgIpc) is 2.80. The molecule has 0 atom stereocenters. The zero-order valence-corrected chi connectivity index (χ0v) is 12.7. The van der Waals surface area contributed by atoms with Crippen LogP contribution >= 0.6 is 15.9 Å². The number of alkyl halides is 3. The first-order valence-electron chi connectivity index (χ1n) is 6.40. The third kappa shape index (κ3) is 2.68. The van der Waals surface area contributed by atoms with Gasteiger partial charge in [0, 0.05) is 10.9 Å². The van der Waals surface area contributed by atoms with Crippen molar-refractivity contribution in [2.24, 2.45) is 0 Å². The molecule has 0 aliphatic carbocycles. The van der Waals surface area contributed by atoms with Gasteiger partial charge in [0.25, 0.3) is 5.56 Å². The summed E-state index contributed by atoms with van der Waals surface area (Å²) >= 11 is 3.42. The van der Waals surface area contributed by atoms with Crippen molar-refractivity contribution in [2.75, 3.05) is 0 Å². The van der Waals surface area contributed by atoms with Crippen LogP contribution in [0.2, 0.25) is 0 Å². The van der Waals surface area contributed by atoms with Gasteiger partial charge in [-0.25, -0.2) is 0 Å². The molecular weight excluding hydrogens is 361 g/mol. The van der Waals surface area contributed by atoms with Crippen LogP contribution in [0.25, 0.3) is 10.8 Å². The monoisotopic (exact) mass is 370 g/mol. The molecular formula is C15H10BrF3N2O. The Kier molecular flexibility index (Phi) is 3.60. The van der Waals surface area contributed by atoms with Crippen molar-refractivity contribution in [1.29, 1.82) is 0 Å². The maximum atomic E-state index is 12.9. The molecule has 2 aromatic carbocycles. The first-order valence-corrected chi connectivity index (χ1v) is 7.19. The van der Waals surface area contributed by atoms with Gasteiger partial charge in [-0.2, -0.15) is 13.2 Å². The van der Waals surface area contributed by atoms with Crippen molar-refractivity contribution in [3.05, 3.63) is 68.0 Å². The zero-order valence-electron chi connectivity index (χ0n) is 11.1. The molecule has 114 valence electrons. The lowest BCUT2D eigenvalue weighted by Crippen LogP contribution is -2.13. The largest absolute Gasteiger partial charge is 0.433 e. The van der Waals surface area contributed by atoms with Crippen molar-refractivity contribution >= 4 is 26.7 Å². The summed E-state index contributed by atoms with van der Waals surface area (Å²) in [5, 5.41) is 5.77. The Labute approximate surface area is 131 Å². The highest BCUT2D eigenvalue weighted by molar-refractivity contribution is 9.10. The molecule has 0 aliphatic rings. The standard InChI is InChI=1S/C15H10BrF3N2O/c16-12-3-1-2-9-6-8(4-5-10(9)12)7-11-13(15(17,18)19)20-21-14(11)22/h1-6H,7H2,(H2,20,21,22). The molecule has 0 aliphatic heterocycles. The van der Waals surface area contributed by atoms with Gasteiger partial charge in [-0.1, -0.05) is 46.3 Å². The van der Waals surface area contributed by atoms with Crippen LogP contribution < -0.4 is 5.56 Å². The Morgan fingerprint density at radius 3 is 2.59 bits per heavy atom. The number of hydrogen-bond acceptors (Lipinski definition) is 1. The number of H-pyrrole nitrogens is 2. The molecule has 1 aromatic heterocycles. The van der Waals surface area contributed by atoms with Crippen molar-refractivity contribution in [3.8, 4) is 0 Å². The summed E-state index contributed by atoms with van der Waals surface area (Å²) in [5.74, 6) is 0. The number of aromatic amines is 2. The summed E-state index contributed by atoms with van der Waals surface area (Å²) in [6.45, 7) is 0. The summed E-state index contributed by atoms with van der Waals surface area (Å²) in [6.07, 6.45) is -4.68. The molecule has 0 fully saturated rings. The second kappa shape index (κ2) is 5.31. The van der Waals surface area contributed by atoms with Gasteiger partial charge in [0.15, 0.2) is 0 Å². The first-order chi connectivity index (χ1) is 10.4. The molecule has 3 aromatic rings. The molecule has 3 nitrogen and oxygen atoms in total. The molecule has 3 rings (SSSR count). The smallest absolute Gasteiger partial charge is 0.293 e. The van der Waals surface area contributed by atoms with Crippen molar-refractivity contribution in [1.82, 2.24) is 10.2 Å². The van der Waals surface area contributed by atoms with Crippen LogP contribution in [0.3, 0.4) is 0 Å². The number of nitrogens with one attached hydrogen (secondary N) is 2. The van der Waals surface area contributed by atoms with Crippen LogP contribution in [0.5, 0.6) is 0 Å². The Hall–Kier alpha value is -2.02. The number of fused-ring (bicyclic) bond motifs is 1. The highest BCUT2D eigenvalue weighted by atomic mass is 79.9. The lowest BCUT2D eigenvalue weighted by molar-refractivity contribution is -0.141. The quantitative estimate of drug-likeness (QED) is 0.696. The Morgan fingerprint density at radius 2 is 1.86 bits per heavy atom. The molecule has 0 unspecified atom stereocenters. The lowest BCUT2D eigenvalue weighted by Gasteiger charge is -2.08. The van der Waals surface area contributed by atoms with Crippen LogP contribution in [0, 0.1) is 0 Å². The van der Waals surface area contributed by atoms with Crippen LogP contribution in [0.15, 0.2) is 45.7 Å². The van der Waals surface area contributed by atoms with Crippen molar-refractivity contribution in [3.63, 3.8) is 0 Å². The lowest BCUT2D eigenvalue weighted by atomic mass is 10.0. The van der Waals surface area contributed by atoms with Gasteiger partial charge in [-0.3, -0.25) is 15.0 Å². The molecule has 2 N–H and O–H groups in total. The predicted octanol–water partition coefficient (Wildman–Crippen LogP) is 4.23. The van der Waals surface area contributed by atoms with E-state index in [0.717, 1.165) is 15.2 Å². The molecule has 0 spiro atoms. The van der Waals surface area contributed by atoms with Crippen LogP contribution in [-0.4, -0.2) is 10.2 Å². The van der Waals surface area contributed by atoms with Crippen LogP contribution in [-0.2, 0) is 12.6 Å². The maximum absolute atomic E-state index is 12.9. The molecule has 0 radical (unpaired) electrons. The molecule has 0 saturated heterocycles. The van der Waals surface area contributed by atoms with Gasteiger partial charge in [-0.05, 0) is 22.4 Å². The van der Waals surface area contributed by atoms with E-state index in [1.54, 1.807) is 12.1 Å². The van der Waals surface area contributed by atoms with Crippen molar-refractivity contribution in [2.45, 2.75) is 12.6 Å². The number of hydrogen-bond donors (Lipinski definition) is 2. The van der Waals surface area contributed by atoms with E-state index in [2.05, 4.69) is 15.9 Å². The van der Waals surface area contributed by atoms with E-state index in [0.29, 0.717) is 5.56 Å². The molecule has 0 amide bonds. The van der Waals surface area contributed by atoms with Gasteiger partial charge in [0.2, 0.25) is 0 Å². The molecule has 22 heavy (non-hydrogen) atoms. The summed E-state index contributed by atoms with van der Waals surface area (Å²) < 4.78 is 39.5. The number of aromatic nitrogens is 2. The maximum Gasteiger partial charge on any atom is 0.433 e. The highest BCUT2D eigenvalue weighted by Gasteiger charge is 2.36. The van der Waals surface area contributed by atoms with E-state index < -0.39 is 17.4 Å². The molecule has 0 bridgehead atoms. The van der Waals surface area contributed by atoms with E-state index in [1.165, 1.54) is 0 Å². The summed E-state index contributed by atoms with van der Waals surface area (Å²) in [6, 6.07) is 10.9. The van der Waals surface area contributed by atoms with Gasteiger partial charge < -0.3 is 0 Å². The number of halogens is 4. The van der Waals surface area contributed by atoms with Gasteiger partial charge in [-0.15, -0.1) is 0 Å². The third-order valence-corrected chi connectivity index (χ3v) is 4.12. The first kappa shape index (κ1) is 14.9. The van der Waals surface area contributed by atoms with Crippen LogP contribution in [0.4, 0.5) is 13.2 Å². The topological polar surface area (TPSA) is 48.6 Å². The van der Waals surface area contributed by atoms with E-state index in [-0.39, 0.29) is 12.0 Å².